The van der Waals surface area contributed by atoms with E-state index >= 15 is 0 Å². The van der Waals surface area contributed by atoms with Crippen LogP contribution >= 0.6 is 12.2 Å². The fourth-order valence-corrected chi connectivity index (χ4v) is 4.42. The third kappa shape index (κ3) is 5.95. The Balaban J connectivity index is 1.57. The maximum atomic E-state index is 5.92. The second-order valence-electron chi connectivity index (χ2n) is 9.13. The third-order valence-electron chi connectivity index (χ3n) is 6.38. The van der Waals surface area contributed by atoms with Crippen molar-refractivity contribution in [3.8, 4) is 0 Å². The van der Waals surface area contributed by atoms with Gasteiger partial charge in [-0.15, -0.1) is 0 Å². The Kier molecular flexibility index (Phi) is 7.49. The van der Waals surface area contributed by atoms with Gasteiger partial charge < -0.3 is 14.8 Å². The first-order chi connectivity index (χ1) is 16.4. The molecule has 0 aliphatic heterocycles. The minimum absolute atomic E-state index is 0.726. The normalized spacial score (nSPS) is 10.8. The molecule has 0 bridgehead atoms. The zero-order valence-corrected chi connectivity index (χ0v) is 21.3. The summed E-state index contributed by atoms with van der Waals surface area (Å²) in [6.45, 7) is 10.9. The predicted molar refractivity (Wildman–Crippen MR) is 147 cm³/mol. The summed E-state index contributed by atoms with van der Waals surface area (Å²) in [4.78, 5) is 2.24. The van der Waals surface area contributed by atoms with Crippen LogP contribution in [-0.4, -0.2) is 14.6 Å². The highest BCUT2D eigenvalue weighted by atomic mass is 32.1. The number of aromatic nitrogens is 1. The lowest BCUT2D eigenvalue weighted by Crippen LogP contribution is -2.34. The van der Waals surface area contributed by atoms with Gasteiger partial charge in [0.15, 0.2) is 5.11 Å². The van der Waals surface area contributed by atoms with Gasteiger partial charge in [0.2, 0.25) is 0 Å². The van der Waals surface area contributed by atoms with Crippen molar-refractivity contribution < 1.29 is 0 Å². The molecule has 0 spiro atoms. The molecular weight excluding hydrogens is 434 g/mol. The number of aryl methyl sites for hydroxylation is 4. The van der Waals surface area contributed by atoms with Gasteiger partial charge in [0, 0.05) is 30.7 Å². The van der Waals surface area contributed by atoms with Crippen LogP contribution < -0.4 is 5.32 Å². The van der Waals surface area contributed by atoms with Crippen LogP contribution in [-0.2, 0) is 19.6 Å². The van der Waals surface area contributed by atoms with E-state index in [1.54, 1.807) is 0 Å². The number of anilines is 1. The van der Waals surface area contributed by atoms with E-state index in [0.717, 1.165) is 30.4 Å². The van der Waals surface area contributed by atoms with Gasteiger partial charge >= 0.3 is 0 Å². The number of nitrogens with one attached hydrogen (secondary N) is 1. The summed E-state index contributed by atoms with van der Waals surface area (Å²) in [5.41, 5.74) is 10.00. The van der Waals surface area contributed by atoms with Crippen molar-refractivity contribution >= 4 is 23.0 Å². The van der Waals surface area contributed by atoms with Crippen LogP contribution in [0.5, 0.6) is 0 Å². The fraction of sp³-hybridized carbons (Fsp3) is 0.233. The highest BCUT2D eigenvalue weighted by Gasteiger charge is 2.15. The van der Waals surface area contributed by atoms with E-state index in [-0.39, 0.29) is 0 Å². The lowest BCUT2D eigenvalue weighted by Gasteiger charge is -2.27. The van der Waals surface area contributed by atoms with Gasteiger partial charge in [0.25, 0.3) is 0 Å². The molecule has 0 radical (unpaired) electrons. The molecule has 1 aromatic heterocycles. The number of hydrogen-bond acceptors (Lipinski definition) is 1. The standard InChI is InChI=1S/C30H33N3S/c1-22-12-14-27(25(4)17-22)20-32-16-8-11-29(32)21-33(19-26-9-6-5-7-10-26)30(34)31-28-15-13-23(2)24(3)18-28/h5-18H,19-21H2,1-4H3,(H,31,34). The molecule has 0 amide bonds. The van der Waals surface area contributed by atoms with Gasteiger partial charge in [-0.05, 0) is 92.0 Å². The Morgan fingerprint density at radius 2 is 1.59 bits per heavy atom. The minimum Gasteiger partial charge on any atom is -0.345 e. The quantitative estimate of drug-likeness (QED) is 0.291. The van der Waals surface area contributed by atoms with Crippen LogP contribution in [0.3, 0.4) is 0 Å². The smallest absolute Gasteiger partial charge is 0.174 e. The first kappa shape index (κ1) is 23.8. The van der Waals surface area contributed by atoms with Crippen molar-refractivity contribution in [3.63, 3.8) is 0 Å². The molecule has 3 nitrogen and oxygen atoms in total. The number of nitrogens with zero attached hydrogens (tertiary/aromatic N) is 2. The zero-order chi connectivity index (χ0) is 24.1. The summed E-state index contributed by atoms with van der Waals surface area (Å²) in [5, 5.41) is 4.20. The first-order valence-corrected chi connectivity index (χ1v) is 12.2. The maximum absolute atomic E-state index is 5.92. The summed E-state index contributed by atoms with van der Waals surface area (Å²) in [6, 6.07) is 27.9. The van der Waals surface area contributed by atoms with Crippen molar-refractivity contribution in [3.05, 3.63) is 124 Å². The molecule has 34 heavy (non-hydrogen) atoms. The van der Waals surface area contributed by atoms with Crippen LogP contribution in [0.15, 0.2) is 85.1 Å². The van der Waals surface area contributed by atoms with Gasteiger partial charge in [0.1, 0.15) is 0 Å². The van der Waals surface area contributed by atoms with Crippen molar-refractivity contribution in [1.82, 2.24) is 9.47 Å². The molecule has 4 rings (SSSR count). The van der Waals surface area contributed by atoms with Crippen molar-refractivity contribution in [2.24, 2.45) is 0 Å². The number of rotatable bonds is 7. The zero-order valence-electron chi connectivity index (χ0n) is 20.5. The van der Waals surface area contributed by atoms with Crippen molar-refractivity contribution in [2.45, 2.75) is 47.3 Å². The molecule has 1 N–H and O–H groups in total. The van der Waals surface area contributed by atoms with E-state index < -0.39 is 0 Å². The molecule has 0 fully saturated rings. The molecule has 0 saturated carbocycles. The van der Waals surface area contributed by atoms with E-state index in [4.69, 9.17) is 12.2 Å². The van der Waals surface area contributed by atoms with Crippen molar-refractivity contribution in [2.75, 3.05) is 5.32 Å². The maximum Gasteiger partial charge on any atom is 0.174 e. The second kappa shape index (κ2) is 10.7. The van der Waals surface area contributed by atoms with Gasteiger partial charge in [0.05, 0.1) is 6.54 Å². The van der Waals surface area contributed by atoms with Crippen LogP contribution in [0.25, 0.3) is 0 Å². The summed E-state index contributed by atoms with van der Waals surface area (Å²) in [5.74, 6) is 0. The Bertz CT molecular complexity index is 1270. The van der Waals surface area contributed by atoms with E-state index in [2.05, 4.69) is 128 Å². The molecule has 0 saturated heterocycles. The molecule has 0 aliphatic rings. The molecule has 3 aromatic carbocycles. The van der Waals surface area contributed by atoms with Gasteiger partial charge in [-0.3, -0.25) is 0 Å². The Hall–Kier alpha value is -3.37. The molecular formula is C30H33N3S. The van der Waals surface area contributed by atoms with Crippen LogP contribution in [0.1, 0.15) is 39.1 Å². The summed E-state index contributed by atoms with van der Waals surface area (Å²) in [7, 11) is 0. The lowest BCUT2D eigenvalue weighted by molar-refractivity contribution is 0.399. The minimum atomic E-state index is 0.726. The summed E-state index contributed by atoms with van der Waals surface area (Å²) < 4.78 is 2.33. The molecule has 4 aromatic rings. The van der Waals surface area contributed by atoms with Crippen molar-refractivity contribution in [1.29, 1.82) is 0 Å². The van der Waals surface area contributed by atoms with Gasteiger partial charge in [-0.2, -0.15) is 0 Å². The SMILES string of the molecule is Cc1ccc(Cn2cccc2CN(Cc2ccccc2)C(=S)Nc2ccc(C)c(C)c2)c(C)c1. The van der Waals surface area contributed by atoms with E-state index in [1.807, 2.05) is 0 Å². The Morgan fingerprint density at radius 3 is 2.32 bits per heavy atom. The van der Waals surface area contributed by atoms with Crippen LogP contribution in [0.4, 0.5) is 5.69 Å². The summed E-state index contributed by atoms with van der Waals surface area (Å²) >= 11 is 5.92. The average Bonchev–Trinajstić information content (AvgIpc) is 3.25. The molecule has 4 heteroatoms. The second-order valence-corrected chi connectivity index (χ2v) is 9.51. The molecule has 0 aliphatic carbocycles. The fourth-order valence-electron chi connectivity index (χ4n) is 4.17. The van der Waals surface area contributed by atoms with Gasteiger partial charge in [-0.25, -0.2) is 0 Å². The monoisotopic (exact) mass is 467 g/mol. The largest absolute Gasteiger partial charge is 0.345 e. The summed E-state index contributed by atoms with van der Waals surface area (Å²) in [6.07, 6.45) is 2.16. The van der Waals surface area contributed by atoms with Gasteiger partial charge in [-0.1, -0.05) is 60.2 Å². The van der Waals surface area contributed by atoms with E-state index in [0.29, 0.717) is 0 Å². The Morgan fingerprint density at radius 1 is 0.794 bits per heavy atom. The van der Waals surface area contributed by atoms with E-state index in [1.165, 1.54) is 39.1 Å². The number of hydrogen-bond donors (Lipinski definition) is 1. The lowest BCUT2D eigenvalue weighted by atomic mass is 10.1. The molecule has 0 atom stereocenters. The number of benzene rings is 3. The molecule has 0 unspecified atom stereocenters. The predicted octanol–water partition coefficient (Wildman–Crippen LogP) is 7.17. The molecule has 1 heterocycles. The van der Waals surface area contributed by atoms with Crippen LogP contribution in [0.2, 0.25) is 0 Å². The van der Waals surface area contributed by atoms with Crippen LogP contribution in [0, 0.1) is 27.7 Å². The molecule has 174 valence electrons. The highest BCUT2D eigenvalue weighted by molar-refractivity contribution is 7.80. The average molecular weight is 468 g/mol. The highest BCUT2D eigenvalue weighted by Crippen LogP contribution is 2.19. The van der Waals surface area contributed by atoms with E-state index in [9.17, 15) is 0 Å². The topological polar surface area (TPSA) is 20.2 Å². The Labute approximate surface area is 209 Å². The number of thiocarbonyl (C=S) groups is 1. The third-order valence-corrected chi connectivity index (χ3v) is 6.74. The first-order valence-electron chi connectivity index (χ1n) is 11.8.